The Bertz CT molecular complexity index is 232. The molecular weight excluding hydrogens is 152 g/mol. The van der Waals surface area contributed by atoms with Crippen LogP contribution in [0.15, 0.2) is 18.7 Å². The van der Waals surface area contributed by atoms with Gasteiger partial charge in [0.05, 0.1) is 13.2 Å². The van der Waals surface area contributed by atoms with Gasteiger partial charge in [-0.15, -0.1) is 0 Å². The van der Waals surface area contributed by atoms with Crippen molar-refractivity contribution in [1.29, 1.82) is 0 Å². The Morgan fingerprint density at radius 3 is 2.83 bits per heavy atom. The Hall–Kier alpha value is -0.830. The van der Waals surface area contributed by atoms with Gasteiger partial charge >= 0.3 is 0 Å². The van der Waals surface area contributed by atoms with Crippen molar-refractivity contribution < 1.29 is 9.30 Å². The zero-order valence-electron chi connectivity index (χ0n) is 8.03. The first-order valence-corrected chi connectivity index (χ1v) is 4.33. The fourth-order valence-corrected chi connectivity index (χ4v) is 1.19. The molecule has 1 atom stereocenters. The largest absolute Gasteiger partial charge is 0.380 e. The third-order valence-corrected chi connectivity index (χ3v) is 1.99. The van der Waals surface area contributed by atoms with Gasteiger partial charge in [0, 0.05) is 7.11 Å². The highest BCUT2D eigenvalue weighted by Crippen LogP contribution is 2.02. The fourth-order valence-electron chi connectivity index (χ4n) is 1.19. The smallest absolute Gasteiger partial charge is 0.244 e. The Kier molecular flexibility index (Phi) is 3.29. The number of ether oxygens (including phenoxy) is 1. The first-order chi connectivity index (χ1) is 5.77. The van der Waals surface area contributed by atoms with E-state index < -0.39 is 0 Å². The van der Waals surface area contributed by atoms with Crippen molar-refractivity contribution in [1.82, 2.24) is 4.57 Å². The van der Waals surface area contributed by atoms with Crippen molar-refractivity contribution in [2.24, 2.45) is 0 Å². The highest BCUT2D eigenvalue weighted by atomic mass is 16.5. The normalized spacial score (nSPS) is 13.2. The highest BCUT2D eigenvalue weighted by Gasteiger charge is 2.09. The van der Waals surface area contributed by atoms with E-state index in [0.29, 0.717) is 6.04 Å². The first-order valence-electron chi connectivity index (χ1n) is 4.33. The fraction of sp³-hybridized carbons (Fsp3) is 0.667. The summed E-state index contributed by atoms with van der Waals surface area (Å²) in [6.45, 7) is 6.06. The number of imidazole rings is 1. The van der Waals surface area contributed by atoms with Gasteiger partial charge in [0.1, 0.15) is 18.4 Å². The number of aromatic nitrogens is 2. The third-order valence-electron chi connectivity index (χ3n) is 1.99. The molecule has 0 saturated carbocycles. The molecular formula is C9H17N2O+. The summed E-state index contributed by atoms with van der Waals surface area (Å²) in [6.07, 6.45) is 6.25. The molecule has 0 N–H and O–H groups in total. The summed E-state index contributed by atoms with van der Waals surface area (Å²) in [6, 6.07) is 0.419. The van der Waals surface area contributed by atoms with Crippen LogP contribution in [-0.4, -0.2) is 18.3 Å². The van der Waals surface area contributed by atoms with Crippen molar-refractivity contribution in [3.05, 3.63) is 18.7 Å². The number of methoxy groups -OCH3 is 1. The number of hydrogen-bond acceptors (Lipinski definition) is 1. The maximum atomic E-state index is 5.07. The van der Waals surface area contributed by atoms with Crippen LogP contribution in [0.4, 0.5) is 0 Å². The number of hydrogen-bond donors (Lipinski definition) is 0. The summed E-state index contributed by atoms with van der Waals surface area (Å²) >= 11 is 0. The lowest BCUT2D eigenvalue weighted by molar-refractivity contribution is -0.693. The summed E-state index contributed by atoms with van der Waals surface area (Å²) in [4.78, 5) is 0. The molecule has 12 heavy (non-hydrogen) atoms. The van der Waals surface area contributed by atoms with E-state index in [1.165, 1.54) is 0 Å². The molecule has 0 saturated heterocycles. The summed E-state index contributed by atoms with van der Waals surface area (Å²) in [7, 11) is 1.73. The maximum Gasteiger partial charge on any atom is 0.244 e. The molecule has 0 aliphatic carbocycles. The Balaban J connectivity index is 2.61. The van der Waals surface area contributed by atoms with E-state index in [1.54, 1.807) is 7.11 Å². The predicted molar refractivity (Wildman–Crippen MR) is 46.9 cm³/mol. The predicted octanol–water partition coefficient (Wildman–Crippen LogP) is 1.00. The zero-order valence-corrected chi connectivity index (χ0v) is 8.03. The van der Waals surface area contributed by atoms with Crippen LogP contribution in [-0.2, 0) is 11.3 Å². The number of nitrogens with zero attached hydrogens (tertiary/aromatic N) is 2. The van der Waals surface area contributed by atoms with E-state index in [4.69, 9.17) is 4.74 Å². The van der Waals surface area contributed by atoms with Crippen LogP contribution in [0.3, 0.4) is 0 Å². The molecule has 1 aromatic rings. The molecule has 0 amide bonds. The van der Waals surface area contributed by atoms with Crippen LogP contribution in [0, 0.1) is 0 Å². The van der Waals surface area contributed by atoms with Crippen LogP contribution >= 0.6 is 0 Å². The second kappa shape index (κ2) is 4.26. The molecule has 0 aliphatic heterocycles. The zero-order chi connectivity index (χ0) is 8.97. The van der Waals surface area contributed by atoms with Gasteiger partial charge in [0.15, 0.2) is 0 Å². The molecule has 1 rings (SSSR count). The van der Waals surface area contributed by atoms with Crippen LogP contribution in [0.5, 0.6) is 0 Å². The van der Waals surface area contributed by atoms with Crippen molar-refractivity contribution in [3.8, 4) is 0 Å². The van der Waals surface area contributed by atoms with Gasteiger partial charge in [-0.25, -0.2) is 9.13 Å². The second-order valence-corrected chi connectivity index (χ2v) is 3.00. The minimum Gasteiger partial charge on any atom is -0.380 e. The molecule has 0 bridgehead atoms. The van der Waals surface area contributed by atoms with Crippen molar-refractivity contribution >= 4 is 0 Å². The average Bonchev–Trinajstić information content (AvgIpc) is 2.52. The lowest BCUT2D eigenvalue weighted by atomic mass is 10.4. The van der Waals surface area contributed by atoms with Crippen molar-refractivity contribution in [2.45, 2.75) is 26.4 Å². The van der Waals surface area contributed by atoms with E-state index >= 15 is 0 Å². The minimum atomic E-state index is 0.419. The van der Waals surface area contributed by atoms with Crippen LogP contribution in [0.2, 0.25) is 0 Å². The van der Waals surface area contributed by atoms with E-state index in [2.05, 4.69) is 41.7 Å². The molecule has 3 nitrogen and oxygen atoms in total. The van der Waals surface area contributed by atoms with Crippen LogP contribution < -0.4 is 4.57 Å². The molecule has 0 fully saturated rings. The molecule has 1 unspecified atom stereocenters. The van der Waals surface area contributed by atoms with Gasteiger partial charge in [0.25, 0.3) is 0 Å². The van der Waals surface area contributed by atoms with E-state index in [-0.39, 0.29) is 0 Å². The highest BCUT2D eigenvalue weighted by molar-refractivity contribution is 4.72. The molecule has 0 aromatic carbocycles. The van der Waals surface area contributed by atoms with Gasteiger partial charge in [-0.1, -0.05) is 0 Å². The van der Waals surface area contributed by atoms with E-state index in [9.17, 15) is 0 Å². The Morgan fingerprint density at radius 1 is 1.58 bits per heavy atom. The van der Waals surface area contributed by atoms with Gasteiger partial charge < -0.3 is 4.74 Å². The van der Waals surface area contributed by atoms with E-state index in [0.717, 1.165) is 13.2 Å². The Morgan fingerprint density at radius 2 is 2.33 bits per heavy atom. The standard InChI is InChI=1S/C9H17N2O/c1-4-10-5-6-11(8-10)9(2)7-12-3/h5-6,8-9H,4,7H2,1-3H3/q+1. The SMILES string of the molecule is CC[n+]1ccn(C(C)COC)c1. The third kappa shape index (κ3) is 2.08. The van der Waals surface area contributed by atoms with Gasteiger partial charge in [-0.05, 0) is 13.8 Å². The first kappa shape index (κ1) is 9.26. The van der Waals surface area contributed by atoms with Crippen molar-refractivity contribution in [3.63, 3.8) is 0 Å². The maximum absolute atomic E-state index is 5.07. The summed E-state index contributed by atoms with van der Waals surface area (Å²) < 4.78 is 9.38. The summed E-state index contributed by atoms with van der Waals surface area (Å²) in [5.41, 5.74) is 0. The van der Waals surface area contributed by atoms with Crippen LogP contribution in [0.25, 0.3) is 0 Å². The molecule has 68 valence electrons. The van der Waals surface area contributed by atoms with Gasteiger partial charge in [-0.2, -0.15) is 0 Å². The lowest BCUT2D eigenvalue weighted by Crippen LogP contribution is -2.29. The molecule has 0 aliphatic rings. The lowest BCUT2D eigenvalue weighted by Gasteiger charge is -2.04. The van der Waals surface area contributed by atoms with Gasteiger partial charge in [0.2, 0.25) is 6.33 Å². The second-order valence-electron chi connectivity index (χ2n) is 3.00. The van der Waals surface area contributed by atoms with Crippen LogP contribution in [0.1, 0.15) is 19.9 Å². The van der Waals surface area contributed by atoms with E-state index in [1.807, 2.05) is 0 Å². The van der Waals surface area contributed by atoms with Gasteiger partial charge in [-0.3, -0.25) is 0 Å². The number of aryl methyl sites for hydroxylation is 1. The molecule has 0 spiro atoms. The molecule has 1 heterocycles. The quantitative estimate of drug-likeness (QED) is 0.615. The molecule has 3 heteroatoms. The summed E-state index contributed by atoms with van der Waals surface area (Å²) in [5, 5.41) is 0. The monoisotopic (exact) mass is 169 g/mol. The number of rotatable bonds is 4. The molecule has 0 radical (unpaired) electrons. The average molecular weight is 169 g/mol. The Labute approximate surface area is 73.6 Å². The van der Waals surface area contributed by atoms with Crippen molar-refractivity contribution in [2.75, 3.05) is 13.7 Å². The summed E-state index contributed by atoms with van der Waals surface area (Å²) in [5.74, 6) is 0. The molecule has 1 aromatic heterocycles. The minimum absolute atomic E-state index is 0.419. The topological polar surface area (TPSA) is 18.0 Å².